The van der Waals surface area contributed by atoms with Crippen molar-refractivity contribution < 1.29 is 14.7 Å². The van der Waals surface area contributed by atoms with Crippen molar-refractivity contribution >= 4 is 50.8 Å². The molecule has 0 bridgehead atoms. The minimum atomic E-state index is -1.05. The Bertz CT molecular complexity index is 837. The molecule has 0 saturated heterocycles. The van der Waals surface area contributed by atoms with Gasteiger partial charge in [0.05, 0.1) is 11.3 Å². The fraction of sp³-hybridized carbons (Fsp3) is 0.118. The van der Waals surface area contributed by atoms with Crippen LogP contribution in [-0.2, 0) is 0 Å². The van der Waals surface area contributed by atoms with Crippen molar-refractivity contribution in [1.82, 2.24) is 5.32 Å². The Morgan fingerprint density at radius 1 is 1.04 bits per heavy atom. The van der Waals surface area contributed by atoms with Gasteiger partial charge in [-0.2, -0.15) is 0 Å². The fourth-order valence-corrected chi connectivity index (χ4v) is 2.51. The van der Waals surface area contributed by atoms with Crippen LogP contribution in [0.5, 0.6) is 0 Å². The zero-order valence-corrected chi connectivity index (χ0v) is 15.4. The molecule has 2 aromatic carbocycles. The Balaban J connectivity index is 2.10. The summed E-state index contributed by atoms with van der Waals surface area (Å²) in [5, 5.41) is 14.5. The van der Waals surface area contributed by atoms with Crippen LogP contribution in [0.2, 0.25) is 0 Å². The number of carboxylic acids is 1. The van der Waals surface area contributed by atoms with Gasteiger partial charge >= 0.3 is 5.97 Å². The van der Waals surface area contributed by atoms with E-state index in [1.165, 1.54) is 12.1 Å². The Hall–Kier alpha value is -2.25. The van der Waals surface area contributed by atoms with Gasteiger partial charge in [-0.25, -0.2) is 4.79 Å². The summed E-state index contributed by atoms with van der Waals surface area (Å²) in [4.78, 5) is 23.3. The molecular formula is C17H15BrN2O3S. The van der Waals surface area contributed by atoms with Crippen LogP contribution in [0.1, 0.15) is 31.8 Å². The molecule has 0 heterocycles. The number of hydrogen-bond acceptors (Lipinski definition) is 3. The average Bonchev–Trinajstić information content (AvgIpc) is 2.51. The van der Waals surface area contributed by atoms with Crippen molar-refractivity contribution in [2.75, 3.05) is 5.32 Å². The number of rotatable bonds is 3. The smallest absolute Gasteiger partial charge is 0.335 e. The largest absolute Gasteiger partial charge is 0.478 e. The van der Waals surface area contributed by atoms with Crippen LogP contribution >= 0.6 is 28.1 Å². The van der Waals surface area contributed by atoms with Crippen molar-refractivity contribution in [2.45, 2.75) is 13.8 Å². The molecule has 3 N–H and O–H groups in total. The number of aryl methyl sites for hydroxylation is 2. The van der Waals surface area contributed by atoms with Crippen molar-refractivity contribution in [3.63, 3.8) is 0 Å². The number of aromatic carboxylic acids is 1. The summed E-state index contributed by atoms with van der Waals surface area (Å²) in [6.45, 7) is 3.90. The zero-order chi connectivity index (χ0) is 17.9. The van der Waals surface area contributed by atoms with E-state index in [9.17, 15) is 9.59 Å². The lowest BCUT2D eigenvalue weighted by molar-refractivity contribution is 0.0696. The molecule has 0 saturated carbocycles. The van der Waals surface area contributed by atoms with Crippen LogP contribution in [-0.4, -0.2) is 22.1 Å². The summed E-state index contributed by atoms with van der Waals surface area (Å²) in [5.41, 5.74) is 3.19. The third-order valence-corrected chi connectivity index (χ3v) is 4.35. The van der Waals surface area contributed by atoms with Crippen molar-refractivity contribution in [2.24, 2.45) is 0 Å². The number of halogens is 1. The second-order valence-electron chi connectivity index (χ2n) is 5.21. The van der Waals surface area contributed by atoms with Crippen molar-refractivity contribution in [3.8, 4) is 0 Å². The Labute approximate surface area is 153 Å². The molecule has 2 rings (SSSR count). The summed E-state index contributed by atoms with van der Waals surface area (Å²) >= 11 is 8.44. The Morgan fingerprint density at radius 3 is 2.33 bits per heavy atom. The van der Waals surface area contributed by atoms with Gasteiger partial charge in [0.1, 0.15) is 0 Å². The third kappa shape index (κ3) is 4.39. The predicted molar refractivity (Wildman–Crippen MR) is 101 cm³/mol. The highest BCUT2D eigenvalue weighted by atomic mass is 79.9. The minimum absolute atomic E-state index is 0.0847. The highest BCUT2D eigenvalue weighted by Gasteiger charge is 2.11. The monoisotopic (exact) mass is 406 g/mol. The highest BCUT2D eigenvalue weighted by molar-refractivity contribution is 9.10. The van der Waals surface area contributed by atoms with Gasteiger partial charge in [-0.1, -0.05) is 6.07 Å². The average molecular weight is 407 g/mol. The van der Waals surface area contributed by atoms with Gasteiger partial charge in [0, 0.05) is 10.0 Å². The Kier molecular flexibility index (Phi) is 5.69. The summed E-state index contributed by atoms with van der Waals surface area (Å²) < 4.78 is 0.635. The topological polar surface area (TPSA) is 78.4 Å². The maximum atomic E-state index is 12.2. The molecule has 24 heavy (non-hydrogen) atoms. The molecule has 0 aliphatic carbocycles. The van der Waals surface area contributed by atoms with Crippen LogP contribution < -0.4 is 10.6 Å². The minimum Gasteiger partial charge on any atom is -0.478 e. The number of nitrogens with one attached hydrogen (secondary N) is 2. The van der Waals surface area contributed by atoms with Gasteiger partial charge in [-0.3, -0.25) is 10.1 Å². The van der Waals surface area contributed by atoms with Crippen LogP contribution in [0.15, 0.2) is 40.9 Å². The van der Waals surface area contributed by atoms with Gasteiger partial charge in [-0.15, -0.1) is 0 Å². The Morgan fingerprint density at radius 2 is 1.71 bits per heavy atom. The van der Waals surface area contributed by atoms with Gasteiger partial charge in [0.2, 0.25) is 0 Å². The van der Waals surface area contributed by atoms with E-state index in [1.54, 1.807) is 18.2 Å². The molecule has 0 radical (unpaired) electrons. The van der Waals surface area contributed by atoms with Gasteiger partial charge in [0.15, 0.2) is 5.11 Å². The maximum Gasteiger partial charge on any atom is 0.335 e. The number of carbonyl (C=O) groups excluding carboxylic acids is 1. The number of carbonyl (C=O) groups is 2. The molecule has 2 aromatic rings. The molecule has 0 spiro atoms. The maximum absolute atomic E-state index is 12.2. The van der Waals surface area contributed by atoms with E-state index in [4.69, 9.17) is 17.3 Å². The number of carboxylic acid groups (broad SMARTS) is 1. The molecule has 0 unspecified atom stereocenters. The zero-order valence-electron chi connectivity index (χ0n) is 13.0. The summed E-state index contributed by atoms with van der Waals surface area (Å²) in [6.07, 6.45) is 0. The molecule has 124 valence electrons. The summed E-state index contributed by atoms with van der Waals surface area (Å²) in [5.74, 6) is -1.38. The predicted octanol–water partition coefficient (Wildman–Crippen LogP) is 3.89. The van der Waals surface area contributed by atoms with E-state index >= 15 is 0 Å². The first-order chi connectivity index (χ1) is 11.3. The van der Waals surface area contributed by atoms with Gasteiger partial charge < -0.3 is 10.4 Å². The van der Waals surface area contributed by atoms with E-state index in [1.807, 2.05) is 19.9 Å². The number of benzene rings is 2. The standard InChI is InChI=1S/C17H15BrN2O3S/c1-9-3-4-11(7-10(9)2)15(21)20-17(24)19-14-8-12(16(22)23)5-6-13(14)18/h3-8H,1-2H3,(H,22,23)(H2,19,20,21,24). The number of anilines is 1. The van der Waals surface area contributed by atoms with Crippen LogP contribution in [0.4, 0.5) is 5.69 Å². The third-order valence-electron chi connectivity index (χ3n) is 3.46. The molecule has 0 fully saturated rings. The molecule has 0 atom stereocenters. The summed E-state index contributed by atoms with van der Waals surface area (Å²) in [7, 11) is 0. The van der Waals surface area contributed by atoms with E-state index in [0.717, 1.165) is 11.1 Å². The fourth-order valence-electron chi connectivity index (χ4n) is 1.97. The second-order valence-corrected chi connectivity index (χ2v) is 6.47. The van der Waals surface area contributed by atoms with E-state index < -0.39 is 5.97 Å². The van der Waals surface area contributed by atoms with Crippen molar-refractivity contribution in [1.29, 1.82) is 0 Å². The molecule has 7 heteroatoms. The first kappa shape index (κ1) is 18.1. The van der Waals surface area contributed by atoms with Crippen molar-refractivity contribution in [3.05, 3.63) is 63.1 Å². The van der Waals surface area contributed by atoms with Gasteiger partial charge in [0.25, 0.3) is 5.91 Å². The number of hydrogen-bond donors (Lipinski definition) is 3. The first-order valence-corrected chi connectivity index (χ1v) is 8.20. The number of thiocarbonyl (C=S) groups is 1. The van der Waals surface area contributed by atoms with Crippen LogP contribution in [0.25, 0.3) is 0 Å². The lowest BCUT2D eigenvalue weighted by Gasteiger charge is -2.12. The molecule has 5 nitrogen and oxygen atoms in total. The SMILES string of the molecule is Cc1ccc(C(=O)NC(=S)Nc2cc(C(=O)O)ccc2Br)cc1C. The molecular weight excluding hydrogens is 392 g/mol. The van der Waals surface area contributed by atoms with Crippen LogP contribution in [0, 0.1) is 13.8 Å². The van der Waals surface area contributed by atoms with Gasteiger partial charge in [-0.05, 0) is 83.5 Å². The quantitative estimate of drug-likeness (QED) is 0.673. The summed E-state index contributed by atoms with van der Waals surface area (Å²) in [6, 6.07) is 9.87. The first-order valence-electron chi connectivity index (χ1n) is 7.00. The molecule has 1 amide bonds. The van der Waals surface area contributed by atoms with E-state index in [0.29, 0.717) is 15.7 Å². The normalized spacial score (nSPS) is 10.1. The highest BCUT2D eigenvalue weighted by Crippen LogP contribution is 2.23. The van der Waals surface area contributed by atoms with E-state index in [2.05, 4.69) is 26.6 Å². The molecule has 0 aliphatic heterocycles. The lowest BCUT2D eigenvalue weighted by Crippen LogP contribution is -2.34. The molecule has 0 aliphatic rings. The van der Waals surface area contributed by atoms with E-state index in [-0.39, 0.29) is 16.6 Å². The van der Waals surface area contributed by atoms with Crippen LogP contribution in [0.3, 0.4) is 0 Å². The second kappa shape index (κ2) is 7.55. The lowest BCUT2D eigenvalue weighted by atomic mass is 10.1. The molecule has 0 aromatic heterocycles. The number of amides is 1.